The molecule has 0 saturated heterocycles. The highest BCUT2D eigenvalue weighted by atomic mass is 32.2. The number of hydrogen-bond donors (Lipinski definition) is 1. The van der Waals surface area contributed by atoms with Gasteiger partial charge in [-0.05, 0) is 43.4 Å². The van der Waals surface area contributed by atoms with Crippen LogP contribution >= 0.6 is 0 Å². The minimum absolute atomic E-state index is 0.0209. The predicted octanol–water partition coefficient (Wildman–Crippen LogP) is 2.59. The number of benzene rings is 1. The summed E-state index contributed by atoms with van der Waals surface area (Å²) in [5.74, 6) is 0.234. The Kier molecular flexibility index (Phi) is 4.70. The van der Waals surface area contributed by atoms with Crippen molar-refractivity contribution >= 4 is 15.7 Å². The molecule has 0 saturated carbocycles. The minimum Gasteiger partial charge on any atom is -0.324 e. The summed E-state index contributed by atoms with van der Waals surface area (Å²) in [7, 11) is -3.19. The highest BCUT2D eigenvalue weighted by Crippen LogP contribution is 2.31. The summed E-state index contributed by atoms with van der Waals surface area (Å²) < 4.78 is 26.4. The average Bonchev–Trinajstić information content (AvgIpc) is 2.43. The number of aryl methyl sites for hydroxylation is 1. The Balaban J connectivity index is 2.33. The molecule has 0 aromatic heterocycles. The molecular formula is C15H24N2O2S. The Bertz CT molecular complexity index is 567. The van der Waals surface area contributed by atoms with E-state index < -0.39 is 10.0 Å². The molecule has 1 heterocycles. The Labute approximate surface area is 122 Å². The lowest BCUT2D eigenvalue weighted by atomic mass is 9.98. The van der Waals surface area contributed by atoms with Gasteiger partial charge in [-0.2, -0.15) is 0 Å². The molecular weight excluding hydrogens is 272 g/mol. The molecule has 20 heavy (non-hydrogen) atoms. The molecule has 1 aliphatic rings. The lowest BCUT2D eigenvalue weighted by Gasteiger charge is -2.31. The van der Waals surface area contributed by atoms with Gasteiger partial charge < -0.3 is 5.73 Å². The van der Waals surface area contributed by atoms with Crippen LogP contribution in [0.25, 0.3) is 0 Å². The quantitative estimate of drug-likeness (QED) is 0.908. The van der Waals surface area contributed by atoms with E-state index in [4.69, 9.17) is 5.73 Å². The molecule has 112 valence electrons. The third-order valence-electron chi connectivity index (χ3n) is 3.80. The Morgan fingerprint density at radius 2 is 2.15 bits per heavy atom. The smallest absolute Gasteiger partial charge is 0.235 e. The summed E-state index contributed by atoms with van der Waals surface area (Å²) in [6.45, 7) is 4.55. The number of anilines is 1. The fourth-order valence-corrected chi connectivity index (χ4v) is 4.35. The Morgan fingerprint density at radius 1 is 1.40 bits per heavy atom. The van der Waals surface area contributed by atoms with Gasteiger partial charge in [-0.15, -0.1) is 0 Å². The second-order valence-corrected chi connectivity index (χ2v) is 7.53. The van der Waals surface area contributed by atoms with Crippen molar-refractivity contribution in [2.75, 3.05) is 16.6 Å². The molecule has 2 N–H and O–H groups in total. The summed E-state index contributed by atoms with van der Waals surface area (Å²) in [6, 6.07) is 5.89. The lowest BCUT2D eigenvalue weighted by Crippen LogP contribution is -2.37. The van der Waals surface area contributed by atoms with Crippen molar-refractivity contribution in [1.29, 1.82) is 0 Å². The van der Waals surface area contributed by atoms with Gasteiger partial charge in [0, 0.05) is 12.6 Å². The van der Waals surface area contributed by atoms with Gasteiger partial charge in [0.1, 0.15) is 0 Å². The van der Waals surface area contributed by atoms with Crippen LogP contribution in [0.15, 0.2) is 18.2 Å². The Hall–Kier alpha value is -1.07. The van der Waals surface area contributed by atoms with E-state index in [1.807, 2.05) is 26.0 Å². The van der Waals surface area contributed by atoms with E-state index in [9.17, 15) is 8.42 Å². The number of rotatable bonds is 5. The fourth-order valence-electron chi connectivity index (χ4n) is 2.59. The largest absolute Gasteiger partial charge is 0.324 e. The van der Waals surface area contributed by atoms with Crippen LogP contribution in [0.1, 0.15) is 50.3 Å². The third-order valence-corrected chi connectivity index (χ3v) is 5.65. The first kappa shape index (κ1) is 15.3. The zero-order valence-corrected chi connectivity index (χ0v) is 13.1. The molecule has 0 bridgehead atoms. The molecule has 0 spiro atoms. The molecule has 1 atom stereocenters. The third kappa shape index (κ3) is 3.15. The standard InChI is InChI=1S/C15H24N2O2S/c1-3-4-10-20(18,19)17-9-5-6-14-11-13(12(2)16)7-8-15(14)17/h7-8,11-12H,3-6,9-10,16H2,1-2H3. The summed E-state index contributed by atoms with van der Waals surface area (Å²) in [6.07, 6.45) is 3.41. The van der Waals surface area contributed by atoms with Crippen molar-refractivity contribution in [1.82, 2.24) is 0 Å². The summed E-state index contributed by atoms with van der Waals surface area (Å²) in [5.41, 5.74) is 8.91. The van der Waals surface area contributed by atoms with E-state index in [1.54, 1.807) is 4.31 Å². The molecule has 0 fully saturated rings. The summed E-state index contributed by atoms with van der Waals surface area (Å²) >= 11 is 0. The van der Waals surface area contributed by atoms with Crippen molar-refractivity contribution in [2.24, 2.45) is 5.73 Å². The zero-order chi connectivity index (χ0) is 14.8. The lowest BCUT2D eigenvalue weighted by molar-refractivity contribution is 0.583. The van der Waals surface area contributed by atoms with Gasteiger partial charge in [-0.3, -0.25) is 4.31 Å². The van der Waals surface area contributed by atoms with Gasteiger partial charge in [-0.25, -0.2) is 8.42 Å². The molecule has 1 unspecified atom stereocenters. The number of sulfonamides is 1. The van der Waals surface area contributed by atoms with Gasteiger partial charge in [0.2, 0.25) is 10.0 Å². The van der Waals surface area contributed by atoms with Crippen LogP contribution in [-0.4, -0.2) is 20.7 Å². The van der Waals surface area contributed by atoms with E-state index in [0.29, 0.717) is 13.0 Å². The summed E-state index contributed by atoms with van der Waals surface area (Å²) in [4.78, 5) is 0. The van der Waals surface area contributed by atoms with E-state index in [1.165, 1.54) is 0 Å². The van der Waals surface area contributed by atoms with Gasteiger partial charge in [-0.1, -0.05) is 25.5 Å². The predicted molar refractivity (Wildman–Crippen MR) is 83.4 cm³/mol. The molecule has 4 nitrogen and oxygen atoms in total. The van der Waals surface area contributed by atoms with Crippen LogP contribution in [-0.2, 0) is 16.4 Å². The highest BCUT2D eigenvalue weighted by Gasteiger charge is 2.27. The SMILES string of the molecule is CCCCS(=O)(=O)N1CCCc2cc(C(C)N)ccc21. The van der Waals surface area contributed by atoms with Crippen LogP contribution < -0.4 is 10.0 Å². The van der Waals surface area contributed by atoms with Crippen LogP contribution in [0.4, 0.5) is 5.69 Å². The number of unbranched alkanes of at least 4 members (excludes halogenated alkanes) is 1. The maximum atomic E-state index is 12.4. The molecule has 1 aromatic rings. The van der Waals surface area contributed by atoms with Crippen LogP contribution in [0.5, 0.6) is 0 Å². The first-order chi connectivity index (χ1) is 9.45. The molecule has 0 amide bonds. The van der Waals surface area contributed by atoms with E-state index >= 15 is 0 Å². The maximum Gasteiger partial charge on any atom is 0.235 e. The van der Waals surface area contributed by atoms with Crippen LogP contribution in [0, 0.1) is 0 Å². The van der Waals surface area contributed by atoms with Crippen molar-refractivity contribution < 1.29 is 8.42 Å². The Morgan fingerprint density at radius 3 is 2.80 bits per heavy atom. The highest BCUT2D eigenvalue weighted by molar-refractivity contribution is 7.92. The molecule has 0 radical (unpaired) electrons. The number of fused-ring (bicyclic) bond motifs is 1. The number of nitrogens with zero attached hydrogens (tertiary/aromatic N) is 1. The first-order valence-corrected chi connectivity index (χ1v) is 8.95. The molecule has 2 rings (SSSR count). The second kappa shape index (κ2) is 6.14. The van der Waals surface area contributed by atoms with E-state index in [2.05, 4.69) is 6.07 Å². The zero-order valence-electron chi connectivity index (χ0n) is 12.3. The number of nitrogens with two attached hydrogens (primary N) is 1. The van der Waals surface area contributed by atoms with Crippen molar-refractivity contribution in [3.8, 4) is 0 Å². The average molecular weight is 296 g/mol. The fraction of sp³-hybridized carbons (Fsp3) is 0.600. The molecule has 1 aliphatic heterocycles. The van der Waals surface area contributed by atoms with Gasteiger partial charge in [0.15, 0.2) is 0 Å². The number of hydrogen-bond acceptors (Lipinski definition) is 3. The molecule has 0 aliphatic carbocycles. The van der Waals surface area contributed by atoms with Gasteiger partial charge in [0.25, 0.3) is 0 Å². The van der Waals surface area contributed by atoms with Crippen LogP contribution in [0.2, 0.25) is 0 Å². The van der Waals surface area contributed by atoms with E-state index in [-0.39, 0.29) is 11.8 Å². The monoisotopic (exact) mass is 296 g/mol. The van der Waals surface area contributed by atoms with Crippen molar-refractivity contribution in [3.05, 3.63) is 29.3 Å². The first-order valence-electron chi connectivity index (χ1n) is 7.34. The maximum absolute atomic E-state index is 12.4. The van der Waals surface area contributed by atoms with Crippen molar-refractivity contribution in [2.45, 2.75) is 45.6 Å². The molecule has 1 aromatic carbocycles. The summed E-state index contributed by atoms with van der Waals surface area (Å²) in [5, 5.41) is 0. The topological polar surface area (TPSA) is 63.4 Å². The minimum atomic E-state index is -3.19. The molecule has 5 heteroatoms. The second-order valence-electron chi connectivity index (χ2n) is 5.52. The van der Waals surface area contributed by atoms with E-state index in [0.717, 1.165) is 36.1 Å². The van der Waals surface area contributed by atoms with Gasteiger partial charge >= 0.3 is 0 Å². The van der Waals surface area contributed by atoms with Crippen LogP contribution in [0.3, 0.4) is 0 Å². The van der Waals surface area contributed by atoms with Crippen molar-refractivity contribution in [3.63, 3.8) is 0 Å². The normalized spacial score (nSPS) is 16.9. The van der Waals surface area contributed by atoms with Gasteiger partial charge in [0.05, 0.1) is 11.4 Å².